The van der Waals surface area contributed by atoms with Crippen LogP contribution in [0.15, 0.2) is 54.9 Å². The van der Waals surface area contributed by atoms with Gasteiger partial charge in [0.05, 0.1) is 5.25 Å². The number of benzene rings is 1. The predicted molar refractivity (Wildman–Crippen MR) is 112 cm³/mol. The number of thioether (sulfide) groups is 1. The van der Waals surface area contributed by atoms with E-state index in [2.05, 4.69) is 51.2 Å². The Labute approximate surface area is 161 Å². The first-order valence-corrected chi connectivity index (χ1v) is 10.6. The van der Waals surface area contributed by atoms with Crippen molar-refractivity contribution in [3.05, 3.63) is 66.0 Å². The molecule has 0 bridgehead atoms. The van der Waals surface area contributed by atoms with E-state index in [9.17, 15) is 0 Å². The van der Waals surface area contributed by atoms with Crippen LogP contribution < -0.4 is 5.73 Å². The van der Waals surface area contributed by atoms with Crippen LogP contribution in [0.2, 0.25) is 0 Å². The molecule has 2 N–H and O–H groups in total. The van der Waals surface area contributed by atoms with Gasteiger partial charge in [0.25, 0.3) is 0 Å². The van der Waals surface area contributed by atoms with E-state index < -0.39 is 0 Å². The number of nitrogens with zero attached hydrogens (tertiary/aromatic N) is 3. The normalized spacial score (nSPS) is 17.7. The Kier molecular flexibility index (Phi) is 7.95. The third-order valence-corrected chi connectivity index (χ3v) is 6.20. The van der Waals surface area contributed by atoms with Crippen LogP contribution in [0.25, 0.3) is 0 Å². The summed E-state index contributed by atoms with van der Waals surface area (Å²) in [6, 6.07) is 15.0. The van der Waals surface area contributed by atoms with E-state index in [0.717, 1.165) is 38.5 Å². The Bertz CT molecular complexity index is 583. The lowest BCUT2D eigenvalue weighted by Crippen LogP contribution is -2.34. The Balaban J connectivity index is 1.55. The molecule has 0 saturated carbocycles. The molecule has 1 saturated heterocycles. The molecule has 1 aromatic carbocycles. The van der Waals surface area contributed by atoms with Crippen molar-refractivity contribution < 1.29 is 0 Å². The summed E-state index contributed by atoms with van der Waals surface area (Å²) in [5.41, 5.74) is 8.35. The van der Waals surface area contributed by atoms with E-state index in [1.54, 1.807) is 0 Å². The molecule has 1 aromatic heterocycles. The molecule has 1 aliphatic heterocycles. The lowest BCUT2D eigenvalue weighted by molar-refractivity contribution is 0.269. The number of hydrogen-bond donors (Lipinski definition) is 1. The fraction of sp³-hybridized carbons (Fsp3) is 0.476. The summed E-state index contributed by atoms with van der Waals surface area (Å²) in [6.45, 7) is 7.62. The molecule has 0 spiro atoms. The van der Waals surface area contributed by atoms with Crippen molar-refractivity contribution in [2.24, 2.45) is 5.73 Å². The second kappa shape index (κ2) is 10.7. The number of hydrogen-bond acceptors (Lipinski definition) is 5. The molecule has 4 nitrogen and oxygen atoms in total. The van der Waals surface area contributed by atoms with E-state index in [4.69, 9.17) is 5.73 Å². The fourth-order valence-corrected chi connectivity index (χ4v) is 4.78. The van der Waals surface area contributed by atoms with Crippen LogP contribution in [-0.4, -0.2) is 66.3 Å². The second-order valence-electron chi connectivity index (χ2n) is 6.77. The van der Waals surface area contributed by atoms with Gasteiger partial charge in [-0.2, -0.15) is 0 Å². The summed E-state index contributed by atoms with van der Waals surface area (Å²) in [4.78, 5) is 9.43. The Morgan fingerprint density at radius 1 is 0.923 bits per heavy atom. The van der Waals surface area contributed by atoms with E-state index >= 15 is 0 Å². The molecule has 0 amide bonds. The van der Waals surface area contributed by atoms with Gasteiger partial charge in [0.15, 0.2) is 0 Å². The van der Waals surface area contributed by atoms with Crippen molar-refractivity contribution in [2.45, 2.75) is 11.7 Å². The third kappa shape index (κ3) is 5.81. The molecule has 1 fully saturated rings. The van der Waals surface area contributed by atoms with E-state index in [1.165, 1.54) is 30.6 Å². The fourth-order valence-electron chi connectivity index (χ4n) is 3.50. The van der Waals surface area contributed by atoms with E-state index in [0.29, 0.717) is 5.25 Å². The number of aromatic nitrogens is 1. The van der Waals surface area contributed by atoms with Gasteiger partial charge in [-0.1, -0.05) is 36.4 Å². The highest BCUT2D eigenvalue weighted by atomic mass is 32.2. The zero-order chi connectivity index (χ0) is 18.0. The van der Waals surface area contributed by atoms with Crippen molar-refractivity contribution in [1.29, 1.82) is 0 Å². The predicted octanol–water partition coefficient (Wildman–Crippen LogP) is 2.87. The maximum absolute atomic E-state index is 5.71. The van der Waals surface area contributed by atoms with Crippen molar-refractivity contribution >= 4 is 11.8 Å². The maximum atomic E-state index is 5.71. The monoisotopic (exact) mass is 370 g/mol. The largest absolute Gasteiger partial charge is 0.329 e. The van der Waals surface area contributed by atoms with Gasteiger partial charge in [0.2, 0.25) is 0 Å². The topological polar surface area (TPSA) is 45.4 Å². The first-order chi connectivity index (χ1) is 12.9. The zero-order valence-corrected chi connectivity index (χ0v) is 16.3. The van der Waals surface area contributed by atoms with Crippen LogP contribution in [0.4, 0.5) is 0 Å². The van der Waals surface area contributed by atoms with Crippen LogP contribution >= 0.6 is 11.8 Å². The van der Waals surface area contributed by atoms with E-state index in [-0.39, 0.29) is 0 Å². The minimum atomic E-state index is 0.352. The molecule has 26 heavy (non-hydrogen) atoms. The number of nitrogens with two attached hydrogens (primary N) is 1. The van der Waals surface area contributed by atoms with Gasteiger partial charge in [-0.15, -0.1) is 11.8 Å². The molecule has 3 rings (SSSR count). The summed E-state index contributed by atoms with van der Waals surface area (Å²) in [5.74, 6) is 1.13. The second-order valence-corrected chi connectivity index (χ2v) is 7.99. The molecule has 0 radical (unpaired) electrons. The Morgan fingerprint density at radius 2 is 1.65 bits per heavy atom. The smallest absolute Gasteiger partial charge is 0.0562 e. The molecule has 1 unspecified atom stereocenters. The van der Waals surface area contributed by atoms with Gasteiger partial charge in [-0.25, -0.2) is 0 Å². The molecule has 1 atom stereocenters. The third-order valence-electron chi connectivity index (χ3n) is 4.91. The van der Waals surface area contributed by atoms with Gasteiger partial charge >= 0.3 is 0 Å². The van der Waals surface area contributed by atoms with E-state index in [1.807, 2.05) is 30.2 Å². The van der Waals surface area contributed by atoms with Crippen molar-refractivity contribution in [3.63, 3.8) is 0 Å². The van der Waals surface area contributed by atoms with Crippen LogP contribution in [-0.2, 0) is 0 Å². The van der Waals surface area contributed by atoms with Crippen LogP contribution in [0.5, 0.6) is 0 Å². The molecule has 140 valence electrons. The highest BCUT2D eigenvalue weighted by Crippen LogP contribution is 2.35. The average molecular weight is 371 g/mol. The minimum Gasteiger partial charge on any atom is -0.329 e. The maximum Gasteiger partial charge on any atom is 0.0562 e. The summed E-state index contributed by atoms with van der Waals surface area (Å²) in [6.07, 6.45) is 5.09. The first kappa shape index (κ1) is 19.4. The highest BCUT2D eigenvalue weighted by molar-refractivity contribution is 7.99. The first-order valence-electron chi connectivity index (χ1n) is 9.58. The summed E-state index contributed by atoms with van der Waals surface area (Å²) < 4.78 is 0. The van der Waals surface area contributed by atoms with Crippen molar-refractivity contribution in [1.82, 2.24) is 14.8 Å². The minimum absolute atomic E-state index is 0.352. The van der Waals surface area contributed by atoms with Crippen molar-refractivity contribution in [2.75, 3.05) is 51.6 Å². The Hall–Kier alpha value is -1.40. The SMILES string of the molecule is NCCN1CCCN(CCSC(c2ccccc2)c2cccnc2)CC1. The zero-order valence-electron chi connectivity index (χ0n) is 15.5. The lowest BCUT2D eigenvalue weighted by atomic mass is 10.1. The number of pyridine rings is 1. The summed E-state index contributed by atoms with van der Waals surface area (Å²) in [5, 5.41) is 0.352. The summed E-state index contributed by atoms with van der Waals surface area (Å²) in [7, 11) is 0. The van der Waals surface area contributed by atoms with Crippen LogP contribution in [0, 0.1) is 0 Å². The van der Waals surface area contributed by atoms with Gasteiger partial charge in [-0.3, -0.25) is 4.98 Å². The highest BCUT2D eigenvalue weighted by Gasteiger charge is 2.17. The van der Waals surface area contributed by atoms with Gasteiger partial charge in [0, 0.05) is 50.9 Å². The molecular formula is C21H30N4S. The summed E-state index contributed by atoms with van der Waals surface area (Å²) >= 11 is 2.02. The van der Waals surface area contributed by atoms with Gasteiger partial charge < -0.3 is 15.5 Å². The van der Waals surface area contributed by atoms with Gasteiger partial charge in [-0.05, 0) is 36.7 Å². The molecule has 0 aliphatic carbocycles. The van der Waals surface area contributed by atoms with Crippen molar-refractivity contribution in [3.8, 4) is 0 Å². The van der Waals surface area contributed by atoms with Crippen LogP contribution in [0.3, 0.4) is 0 Å². The Morgan fingerprint density at radius 3 is 2.35 bits per heavy atom. The molecule has 2 aromatic rings. The molecule has 5 heteroatoms. The van der Waals surface area contributed by atoms with Crippen LogP contribution in [0.1, 0.15) is 22.8 Å². The molecular weight excluding hydrogens is 340 g/mol. The standard InChI is InChI=1S/C21H30N4S/c22-9-13-24-11-5-12-25(15-14-24)16-17-26-21(19-6-2-1-3-7-19)20-8-4-10-23-18-20/h1-4,6-8,10,18,21H,5,9,11-17,22H2. The average Bonchev–Trinajstić information content (AvgIpc) is 2.92. The number of rotatable bonds is 8. The molecule has 1 aliphatic rings. The molecule has 2 heterocycles. The van der Waals surface area contributed by atoms with Gasteiger partial charge in [0.1, 0.15) is 0 Å². The lowest BCUT2D eigenvalue weighted by Gasteiger charge is -2.23. The quantitative estimate of drug-likeness (QED) is 0.774.